The van der Waals surface area contributed by atoms with Gasteiger partial charge in [0, 0.05) is 43.9 Å². The van der Waals surface area contributed by atoms with Gasteiger partial charge in [-0.25, -0.2) is 4.98 Å². The molecule has 0 spiro atoms. The van der Waals surface area contributed by atoms with Gasteiger partial charge in [0.1, 0.15) is 0 Å². The monoisotopic (exact) mass is 476 g/mol. The number of carbonyl (C=O) groups excluding carboxylic acids is 1. The second kappa shape index (κ2) is 8.30. The van der Waals surface area contributed by atoms with Crippen LogP contribution in [-0.2, 0) is 6.54 Å². The van der Waals surface area contributed by atoms with E-state index in [2.05, 4.69) is 9.88 Å². The van der Waals surface area contributed by atoms with Gasteiger partial charge in [-0.3, -0.25) is 18.9 Å². The third-order valence-corrected chi connectivity index (χ3v) is 6.57. The molecule has 8 nitrogen and oxygen atoms in total. The third-order valence-electron chi connectivity index (χ3n) is 6.33. The number of nitrogens with zero attached hydrogens (tertiary/aromatic N) is 4. The van der Waals surface area contributed by atoms with E-state index in [0.717, 1.165) is 36.7 Å². The fourth-order valence-corrected chi connectivity index (χ4v) is 4.72. The SMILES string of the molecule is O=C(c1cccn2c(=O)c3cc(Cl)ccc3nc12)N1CCN(Cc2ccc3c(c2)OCO3)CC1. The summed E-state index contributed by atoms with van der Waals surface area (Å²) in [4.78, 5) is 35.2. The standard InChI is InChI=1S/C25H21ClN4O4/c26-17-4-5-20-19(13-17)25(32)30-7-1-2-18(23(30)27-20)24(31)29-10-8-28(9-11-29)14-16-3-6-21-22(12-16)34-15-33-21/h1-7,12-13H,8-11,14-15H2. The zero-order valence-corrected chi connectivity index (χ0v) is 19.0. The summed E-state index contributed by atoms with van der Waals surface area (Å²) in [5.41, 5.74) is 2.19. The van der Waals surface area contributed by atoms with Crippen molar-refractivity contribution in [3.63, 3.8) is 0 Å². The Morgan fingerprint density at radius 1 is 1.00 bits per heavy atom. The van der Waals surface area contributed by atoms with Crippen LogP contribution >= 0.6 is 11.6 Å². The molecule has 2 aliphatic heterocycles. The highest BCUT2D eigenvalue weighted by Crippen LogP contribution is 2.33. The highest BCUT2D eigenvalue weighted by molar-refractivity contribution is 6.31. The predicted molar refractivity (Wildman–Crippen MR) is 128 cm³/mol. The van der Waals surface area contributed by atoms with Crippen molar-refractivity contribution in [2.24, 2.45) is 0 Å². The Morgan fingerprint density at radius 3 is 2.68 bits per heavy atom. The summed E-state index contributed by atoms with van der Waals surface area (Å²) < 4.78 is 12.3. The Bertz CT molecular complexity index is 1490. The number of piperazine rings is 1. The van der Waals surface area contributed by atoms with E-state index < -0.39 is 0 Å². The van der Waals surface area contributed by atoms with Crippen molar-refractivity contribution in [2.75, 3.05) is 33.0 Å². The first kappa shape index (κ1) is 20.9. The van der Waals surface area contributed by atoms with E-state index in [1.807, 2.05) is 23.1 Å². The summed E-state index contributed by atoms with van der Waals surface area (Å²) in [6, 6.07) is 14.4. The molecule has 0 radical (unpaired) electrons. The summed E-state index contributed by atoms with van der Waals surface area (Å²) in [6.45, 7) is 3.73. The topological polar surface area (TPSA) is 76.4 Å². The lowest BCUT2D eigenvalue weighted by Gasteiger charge is -2.34. The maximum Gasteiger partial charge on any atom is 0.265 e. The molecule has 2 aromatic carbocycles. The Hall–Kier alpha value is -3.62. The third kappa shape index (κ3) is 3.65. The molecule has 172 valence electrons. The molecule has 0 atom stereocenters. The molecule has 4 aromatic rings. The van der Waals surface area contributed by atoms with Crippen LogP contribution in [0.2, 0.25) is 5.02 Å². The Kier molecular flexibility index (Phi) is 5.12. The largest absolute Gasteiger partial charge is 0.454 e. The van der Waals surface area contributed by atoms with Gasteiger partial charge in [0.25, 0.3) is 11.5 Å². The predicted octanol–water partition coefficient (Wildman–Crippen LogP) is 3.19. The fourth-order valence-electron chi connectivity index (χ4n) is 4.54. The van der Waals surface area contributed by atoms with Crippen LogP contribution in [0.4, 0.5) is 0 Å². The van der Waals surface area contributed by atoms with Gasteiger partial charge in [-0.2, -0.15) is 0 Å². The van der Waals surface area contributed by atoms with E-state index in [9.17, 15) is 9.59 Å². The minimum absolute atomic E-state index is 0.124. The van der Waals surface area contributed by atoms with Crippen LogP contribution in [0.5, 0.6) is 11.5 Å². The molecule has 2 aliphatic rings. The number of halogens is 1. The Labute approximate surface area is 199 Å². The number of carbonyl (C=O) groups is 1. The molecular formula is C25H21ClN4O4. The number of aromatic nitrogens is 2. The highest BCUT2D eigenvalue weighted by atomic mass is 35.5. The highest BCUT2D eigenvalue weighted by Gasteiger charge is 2.25. The molecule has 0 N–H and O–H groups in total. The van der Waals surface area contributed by atoms with Crippen molar-refractivity contribution in [3.8, 4) is 11.5 Å². The number of hydrogen-bond acceptors (Lipinski definition) is 6. The second-order valence-electron chi connectivity index (χ2n) is 8.45. The van der Waals surface area contributed by atoms with Gasteiger partial charge in [0.05, 0.1) is 16.5 Å². The number of hydrogen-bond donors (Lipinski definition) is 0. The van der Waals surface area contributed by atoms with Crippen LogP contribution in [-0.4, -0.2) is 58.1 Å². The van der Waals surface area contributed by atoms with Crippen LogP contribution in [0.1, 0.15) is 15.9 Å². The van der Waals surface area contributed by atoms with Crippen LogP contribution in [0, 0.1) is 0 Å². The zero-order valence-electron chi connectivity index (χ0n) is 18.2. The molecule has 0 bridgehead atoms. The molecule has 0 saturated carbocycles. The molecule has 4 heterocycles. The summed E-state index contributed by atoms with van der Waals surface area (Å²) in [6.07, 6.45) is 1.63. The molecule has 6 rings (SSSR count). The van der Waals surface area contributed by atoms with Gasteiger partial charge in [0.15, 0.2) is 17.1 Å². The molecule has 1 saturated heterocycles. The maximum atomic E-state index is 13.4. The van der Waals surface area contributed by atoms with Gasteiger partial charge < -0.3 is 14.4 Å². The number of benzene rings is 2. The molecule has 1 amide bonds. The molecule has 0 aliphatic carbocycles. The Balaban J connectivity index is 1.21. The lowest BCUT2D eigenvalue weighted by atomic mass is 10.1. The summed E-state index contributed by atoms with van der Waals surface area (Å²) in [5.74, 6) is 1.43. The average Bonchev–Trinajstić information content (AvgIpc) is 3.32. The van der Waals surface area contributed by atoms with Crippen molar-refractivity contribution < 1.29 is 14.3 Å². The van der Waals surface area contributed by atoms with Crippen molar-refractivity contribution >= 4 is 34.1 Å². The quantitative estimate of drug-likeness (QED) is 0.423. The van der Waals surface area contributed by atoms with Crippen molar-refractivity contribution in [1.29, 1.82) is 0 Å². The van der Waals surface area contributed by atoms with E-state index in [4.69, 9.17) is 21.1 Å². The van der Waals surface area contributed by atoms with E-state index >= 15 is 0 Å². The molecule has 1 fully saturated rings. The van der Waals surface area contributed by atoms with Gasteiger partial charge in [-0.05, 0) is 48.0 Å². The maximum absolute atomic E-state index is 13.4. The Morgan fingerprint density at radius 2 is 1.82 bits per heavy atom. The van der Waals surface area contributed by atoms with Crippen LogP contribution in [0.25, 0.3) is 16.6 Å². The molecule has 34 heavy (non-hydrogen) atoms. The molecule has 9 heteroatoms. The van der Waals surface area contributed by atoms with E-state index in [0.29, 0.717) is 40.2 Å². The minimum atomic E-state index is -0.245. The van der Waals surface area contributed by atoms with Crippen molar-refractivity contribution in [1.82, 2.24) is 19.2 Å². The number of amides is 1. The lowest BCUT2D eigenvalue weighted by Crippen LogP contribution is -2.48. The number of pyridine rings is 1. The number of ether oxygens (including phenoxy) is 2. The first-order valence-corrected chi connectivity index (χ1v) is 11.5. The van der Waals surface area contributed by atoms with Gasteiger partial charge in [-0.1, -0.05) is 17.7 Å². The van der Waals surface area contributed by atoms with E-state index in [1.165, 1.54) is 4.40 Å². The van der Waals surface area contributed by atoms with Gasteiger partial charge in [-0.15, -0.1) is 0 Å². The lowest BCUT2D eigenvalue weighted by molar-refractivity contribution is 0.0629. The van der Waals surface area contributed by atoms with Crippen molar-refractivity contribution in [3.05, 3.63) is 81.2 Å². The first-order valence-electron chi connectivity index (χ1n) is 11.1. The van der Waals surface area contributed by atoms with Crippen LogP contribution in [0.15, 0.2) is 59.5 Å². The second-order valence-corrected chi connectivity index (χ2v) is 8.89. The van der Waals surface area contributed by atoms with Gasteiger partial charge in [0.2, 0.25) is 6.79 Å². The van der Waals surface area contributed by atoms with Crippen LogP contribution in [0.3, 0.4) is 0 Å². The number of fused-ring (bicyclic) bond motifs is 3. The number of rotatable bonds is 3. The van der Waals surface area contributed by atoms with Gasteiger partial charge >= 0.3 is 0 Å². The molecule has 2 aromatic heterocycles. The first-order chi connectivity index (χ1) is 16.6. The van der Waals surface area contributed by atoms with E-state index in [-0.39, 0.29) is 18.3 Å². The molecular weight excluding hydrogens is 456 g/mol. The fraction of sp³-hybridized carbons (Fsp3) is 0.240. The summed E-state index contributed by atoms with van der Waals surface area (Å²) in [7, 11) is 0. The summed E-state index contributed by atoms with van der Waals surface area (Å²) in [5, 5.41) is 0.893. The molecule has 0 unspecified atom stereocenters. The normalized spacial score (nSPS) is 15.9. The minimum Gasteiger partial charge on any atom is -0.454 e. The van der Waals surface area contributed by atoms with Crippen molar-refractivity contribution in [2.45, 2.75) is 6.54 Å². The zero-order chi connectivity index (χ0) is 23.2. The van der Waals surface area contributed by atoms with Crippen LogP contribution < -0.4 is 15.0 Å². The average molecular weight is 477 g/mol. The van der Waals surface area contributed by atoms with E-state index in [1.54, 1.807) is 36.5 Å². The smallest absolute Gasteiger partial charge is 0.265 e. The summed E-state index contributed by atoms with van der Waals surface area (Å²) >= 11 is 6.06.